The number of unbranched alkanes of at least 4 members (excludes halogenated alkanes) is 1. The highest BCUT2D eigenvalue weighted by Crippen LogP contribution is 2.46. The summed E-state index contributed by atoms with van der Waals surface area (Å²) in [5.41, 5.74) is 0.630. The van der Waals surface area contributed by atoms with Crippen molar-refractivity contribution in [3.63, 3.8) is 0 Å². The molecule has 1 aliphatic rings. The fourth-order valence-corrected chi connectivity index (χ4v) is 4.91. The van der Waals surface area contributed by atoms with Crippen LogP contribution < -0.4 is 9.64 Å². The SMILES string of the molecule is CCCCN(CC)c1cc(CO)cc(SN2CCCC2)c1Oc1ccccc1C(F)(F)F. The fourth-order valence-electron chi connectivity index (χ4n) is 3.76. The molecule has 0 saturated carbocycles. The third-order valence-corrected chi connectivity index (χ3v) is 6.60. The summed E-state index contributed by atoms with van der Waals surface area (Å²) >= 11 is 1.50. The van der Waals surface area contributed by atoms with Gasteiger partial charge in [-0.05, 0) is 68.0 Å². The number of rotatable bonds is 10. The highest BCUT2D eigenvalue weighted by Gasteiger charge is 2.35. The lowest BCUT2D eigenvalue weighted by Gasteiger charge is -2.28. The number of para-hydroxylation sites is 1. The molecule has 8 heteroatoms. The average molecular weight is 469 g/mol. The van der Waals surface area contributed by atoms with Gasteiger partial charge in [-0.2, -0.15) is 13.2 Å². The van der Waals surface area contributed by atoms with Crippen LogP contribution >= 0.6 is 11.9 Å². The summed E-state index contributed by atoms with van der Waals surface area (Å²) in [6.07, 6.45) is -0.395. The highest BCUT2D eigenvalue weighted by atomic mass is 32.2. The van der Waals surface area contributed by atoms with E-state index in [1.807, 2.05) is 19.1 Å². The van der Waals surface area contributed by atoms with E-state index in [4.69, 9.17) is 4.74 Å². The van der Waals surface area contributed by atoms with Crippen LogP contribution in [0, 0.1) is 0 Å². The van der Waals surface area contributed by atoms with Crippen LogP contribution in [0.3, 0.4) is 0 Å². The Labute approximate surface area is 192 Å². The topological polar surface area (TPSA) is 35.9 Å². The molecule has 1 N–H and O–H groups in total. The first-order chi connectivity index (χ1) is 15.4. The van der Waals surface area contributed by atoms with Crippen molar-refractivity contribution in [3.05, 3.63) is 47.5 Å². The molecule has 0 radical (unpaired) electrons. The highest BCUT2D eigenvalue weighted by molar-refractivity contribution is 7.97. The van der Waals surface area contributed by atoms with E-state index >= 15 is 0 Å². The third-order valence-electron chi connectivity index (χ3n) is 5.48. The molecule has 2 aromatic rings. The van der Waals surface area contributed by atoms with Crippen LogP contribution in [0.4, 0.5) is 18.9 Å². The van der Waals surface area contributed by atoms with E-state index in [-0.39, 0.29) is 12.4 Å². The average Bonchev–Trinajstić information content (AvgIpc) is 3.28. The van der Waals surface area contributed by atoms with E-state index in [0.717, 1.165) is 56.3 Å². The van der Waals surface area contributed by atoms with Gasteiger partial charge in [0.1, 0.15) is 5.75 Å². The number of aliphatic hydroxyl groups is 1. The van der Waals surface area contributed by atoms with Crippen molar-refractivity contribution >= 4 is 17.6 Å². The number of nitrogens with zero attached hydrogens (tertiary/aromatic N) is 2. The molecule has 0 unspecified atom stereocenters. The van der Waals surface area contributed by atoms with Crippen LogP contribution in [0.15, 0.2) is 41.3 Å². The lowest BCUT2D eigenvalue weighted by atomic mass is 10.1. The maximum Gasteiger partial charge on any atom is 0.419 e. The molecule has 2 aromatic carbocycles. The van der Waals surface area contributed by atoms with Gasteiger partial charge in [0.2, 0.25) is 0 Å². The molecule has 1 fully saturated rings. The lowest BCUT2D eigenvalue weighted by Crippen LogP contribution is -2.25. The first kappa shape index (κ1) is 24.7. The Morgan fingerprint density at radius 3 is 2.47 bits per heavy atom. The summed E-state index contributed by atoms with van der Waals surface area (Å²) < 4.78 is 49.2. The standard InChI is InChI=1S/C24H31F3N2O2S/c1-3-5-12-28(4-2)20-15-18(17-30)16-22(32-29-13-8-9-14-29)23(20)31-21-11-7-6-10-19(21)24(25,26)27/h6-7,10-11,15-16,30H,3-5,8-9,12-14,17H2,1-2H3. The zero-order chi connectivity index (χ0) is 23.1. The number of aliphatic hydroxyl groups excluding tert-OH is 1. The minimum absolute atomic E-state index is 0.148. The molecule has 1 saturated heterocycles. The molecule has 0 aromatic heterocycles. The molecule has 176 valence electrons. The zero-order valence-electron chi connectivity index (χ0n) is 18.6. The van der Waals surface area contributed by atoms with E-state index in [1.54, 1.807) is 6.07 Å². The predicted octanol–water partition coefficient (Wildman–Crippen LogP) is 6.72. The summed E-state index contributed by atoms with van der Waals surface area (Å²) in [7, 11) is 0. The molecule has 0 aliphatic carbocycles. The van der Waals surface area contributed by atoms with Crippen molar-refractivity contribution in [2.75, 3.05) is 31.1 Å². The molecule has 0 amide bonds. The lowest BCUT2D eigenvalue weighted by molar-refractivity contribution is -0.138. The molecule has 4 nitrogen and oxygen atoms in total. The minimum Gasteiger partial charge on any atom is -0.453 e. The summed E-state index contributed by atoms with van der Waals surface area (Å²) in [5.74, 6) is 0.196. The van der Waals surface area contributed by atoms with Gasteiger partial charge < -0.3 is 14.7 Å². The van der Waals surface area contributed by atoms with Gasteiger partial charge in [0.25, 0.3) is 0 Å². The number of halogens is 3. The Bertz CT molecular complexity index is 886. The fraction of sp³-hybridized carbons (Fsp3) is 0.500. The Kier molecular flexibility index (Phi) is 8.73. The first-order valence-electron chi connectivity index (χ1n) is 11.2. The van der Waals surface area contributed by atoms with Gasteiger partial charge in [-0.3, -0.25) is 0 Å². The van der Waals surface area contributed by atoms with Gasteiger partial charge >= 0.3 is 6.18 Å². The second kappa shape index (κ2) is 11.3. The van der Waals surface area contributed by atoms with Crippen LogP contribution in [0.25, 0.3) is 0 Å². The monoisotopic (exact) mass is 468 g/mol. The number of alkyl halides is 3. The van der Waals surface area contributed by atoms with Gasteiger partial charge in [0.05, 0.1) is 22.8 Å². The number of hydrogen-bond acceptors (Lipinski definition) is 5. The molecule has 32 heavy (non-hydrogen) atoms. The summed E-state index contributed by atoms with van der Waals surface area (Å²) in [6.45, 7) is 7.23. The zero-order valence-corrected chi connectivity index (χ0v) is 19.4. The maximum absolute atomic E-state index is 13.7. The van der Waals surface area contributed by atoms with Gasteiger partial charge in [0, 0.05) is 26.2 Å². The van der Waals surface area contributed by atoms with E-state index in [2.05, 4.69) is 16.1 Å². The molecule has 1 aliphatic heterocycles. The molecule has 0 spiro atoms. The quantitative estimate of drug-likeness (QED) is 0.392. The van der Waals surface area contributed by atoms with E-state index in [9.17, 15) is 18.3 Å². The van der Waals surface area contributed by atoms with Crippen LogP contribution in [0.5, 0.6) is 11.5 Å². The Hall–Kier alpha value is -1.90. The largest absolute Gasteiger partial charge is 0.453 e. The Morgan fingerprint density at radius 2 is 1.84 bits per heavy atom. The van der Waals surface area contributed by atoms with E-state index in [1.165, 1.54) is 24.1 Å². The maximum atomic E-state index is 13.7. The van der Waals surface area contributed by atoms with Crippen molar-refractivity contribution in [1.29, 1.82) is 0 Å². The molecule has 1 heterocycles. The van der Waals surface area contributed by atoms with Crippen molar-refractivity contribution in [3.8, 4) is 11.5 Å². The molecule has 3 rings (SSSR count). The predicted molar refractivity (Wildman–Crippen MR) is 123 cm³/mol. The van der Waals surface area contributed by atoms with Gasteiger partial charge in [-0.1, -0.05) is 25.5 Å². The third kappa shape index (κ3) is 6.11. The number of hydrogen-bond donors (Lipinski definition) is 1. The Balaban J connectivity index is 2.11. The van der Waals surface area contributed by atoms with Crippen LogP contribution in [-0.2, 0) is 12.8 Å². The van der Waals surface area contributed by atoms with E-state index in [0.29, 0.717) is 23.5 Å². The summed E-state index contributed by atoms with van der Waals surface area (Å²) in [6, 6.07) is 8.97. The van der Waals surface area contributed by atoms with Crippen LogP contribution in [0.2, 0.25) is 0 Å². The summed E-state index contributed by atoms with van der Waals surface area (Å²) in [5, 5.41) is 9.88. The molecule has 0 atom stereocenters. The number of anilines is 1. The molecular formula is C24H31F3N2O2S. The van der Waals surface area contributed by atoms with Crippen molar-refractivity contribution in [2.45, 2.75) is 57.2 Å². The second-order valence-corrected chi connectivity index (χ2v) is 9.00. The van der Waals surface area contributed by atoms with Gasteiger partial charge in [0.15, 0.2) is 5.75 Å². The van der Waals surface area contributed by atoms with Crippen LogP contribution in [-0.4, -0.2) is 35.6 Å². The normalized spacial score (nSPS) is 14.7. The number of ether oxygens (including phenoxy) is 1. The van der Waals surface area contributed by atoms with Gasteiger partial charge in [-0.25, -0.2) is 4.31 Å². The number of benzene rings is 2. The van der Waals surface area contributed by atoms with Gasteiger partial charge in [-0.15, -0.1) is 0 Å². The van der Waals surface area contributed by atoms with Crippen molar-refractivity contribution < 1.29 is 23.0 Å². The minimum atomic E-state index is -4.52. The smallest absolute Gasteiger partial charge is 0.419 e. The van der Waals surface area contributed by atoms with Crippen molar-refractivity contribution in [2.24, 2.45) is 0 Å². The molecule has 0 bridgehead atoms. The van der Waals surface area contributed by atoms with E-state index < -0.39 is 11.7 Å². The van der Waals surface area contributed by atoms with Crippen molar-refractivity contribution in [1.82, 2.24) is 4.31 Å². The first-order valence-corrected chi connectivity index (χ1v) is 11.9. The molecular weight excluding hydrogens is 437 g/mol. The second-order valence-electron chi connectivity index (χ2n) is 7.86. The van der Waals surface area contributed by atoms with Crippen LogP contribution in [0.1, 0.15) is 50.7 Å². The summed E-state index contributed by atoms with van der Waals surface area (Å²) in [4.78, 5) is 2.84. The Morgan fingerprint density at radius 1 is 1.12 bits per heavy atom.